The maximum absolute atomic E-state index is 3.36. The third kappa shape index (κ3) is 4.07. The monoisotopic (exact) mass is 172 g/mol. The van der Waals surface area contributed by atoms with Gasteiger partial charge in [-0.15, -0.1) is 0 Å². The van der Waals surface area contributed by atoms with Crippen molar-refractivity contribution >= 4 is 0 Å². The maximum Gasteiger partial charge on any atom is 0.0214 e. The lowest BCUT2D eigenvalue weighted by molar-refractivity contribution is 0.242. The van der Waals surface area contributed by atoms with Crippen LogP contribution in [0.25, 0.3) is 0 Å². The minimum absolute atomic E-state index is 0.630. The zero-order chi connectivity index (χ0) is 9.56. The molecule has 0 amide bonds. The van der Waals surface area contributed by atoms with Gasteiger partial charge in [-0.1, -0.05) is 27.7 Å². The van der Waals surface area contributed by atoms with Crippen molar-refractivity contribution in [3.63, 3.8) is 0 Å². The smallest absolute Gasteiger partial charge is 0.0214 e. The minimum atomic E-state index is 0.630. The van der Waals surface area contributed by atoms with E-state index in [0.717, 1.165) is 19.0 Å². The molecule has 0 aromatic carbocycles. The van der Waals surface area contributed by atoms with Gasteiger partial charge in [-0.2, -0.15) is 0 Å². The van der Waals surface area contributed by atoms with Crippen LogP contribution in [0.4, 0.5) is 0 Å². The molecule has 74 valence electrons. The summed E-state index contributed by atoms with van der Waals surface area (Å²) in [6.45, 7) is 12.5. The van der Waals surface area contributed by atoms with Gasteiger partial charge >= 0.3 is 0 Å². The molecule has 2 nitrogen and oxygen atoms in total. The summed E-state index contributed by atoms with van der Waals surface area (Å²) in [6.07, 6.45) is 0. The first kappa shape index (κ1) is 11.9. The lowest BCUT2D eigenvalue weighted by Gasteiger charge is -2.27. The zero-order valence-electron chi connectivity index (χ0n) is 9.22. The van der Waals surface area contributed by atoms with E-state index in [-0.39, 0.29) is 0 Å². The second-order valence-electron chi connectivity index (χ2n) is 3.63. The van der Waals surface area contributed by atoms with Crippen LogP contribution >= 0.6 is 0 Å². The third-order valence-electron chi connectivity index (χ3n) is 2.52. The van der Waals surface area contributed by atoms with Crippen molar-refractivity contribution in [3.05, 3.63) is 0 Å². The van der Waals surface area contributed by atoms with Crippen LogP contribution in [0.1, 0.15) is 27.7 Å². The summed E-state index contributed by atoms with van der Waals surface area (Å²) < 4.78 is 0. The molecule has 0 rings (SSSR count). The second-order valence-corrected chi connectivity index (χ2v) is 3.63. The molecular formula is C10H24N2. The van der Waals surface area contributed by atoms with Crippen molar-refractivity contribution in [3.8, 4) is 0 Å². The first-order valence-corrected chi connectivity index (χ1v) is 5.05. The van der Waals surface area contributed by atoms with E-state index in [2.05, 4.69) is 37.9 Å². The van der Waals surface area contributed by atoms with Gasteiger partial charge in [-0.25, -0.2) is 0 Å². The van der Waals surface area contributed by atoms with E-state index in [4.69, 9.17) is 0 Å². The molecule has 1 atom stereocenters. The molecule has 2 heteroatoms. The maximum atomic E-state index is 3.36. The van der Waals surface area contributed by atoms with Gasteiger partial charge in [0.05, 0.1) is 0 Å². The number of nitrogens with one attached hydrogen (secondary N) is 1. The summed E-state index contributed by atoms with van der Waals surface area (Å²) in [5.74, 6) is 0.718. The minimum Gasteiger partial charge on any atom is -0.315 e. The first-order chi connectivity index (χ1) is 5.65. The molecule has 12 heavy (non-hydrogen) atoms. The van der Waals surface area contributed by atoms with Crippen LogP contribution in [0.5, 0.6) is 0 Å². The highest BCUT2D eigenvalue weighted by atomic mass is 15.1. The lowest BCUT2D eigenvalue weighted by atomic mass is 10.0. The van der Waals surface area contributed by atoms with Crippen molar-refractivity contribution in [1.29, 1.82) is 0 Å². The quantitative estimate of drug-likeness (QED) is 0.654. The average Bonchev–Trinajstić information content (AvgIpc) is 2.06. The van der Waals surface area contributed by atoms with E-state index in [9.17, 15) is 0 Å². The first-order valence-electron chi connectivity index (χ1n) is 5.05. The summed E-state index contributed by atoms with van der Waals surface area (Å²) in [5, 5.41) is 3.36. The molecular weight excluding hydrogens is 148 g/mol. The van der Waals surface area contributed by atoms with Gasteiger partial charge in [0, 0.05) is 12.6 Å². The van der Waals surface area contributed by atoms with Crippen LogP contribution in [0.3, 0.4) is 0 Å². The highest BCUT2D eigenvalue weighted by Gasteiger charge is 2.13. The summed E-state index contributed by atoms with van der Waals surface area (Å²) >= 11 is 0. The van der Waals surface area contributed by atoms with E-state index < -0.39 is 0 Å². The highest BCUT2D eigenvalue weighted by Crippen LogP contribution is 2.03. The fourth-order valence-electron chi connectivity index (χ4n) is 1.40. The van der Waals surface area contributed by atoms with Crippen LogP contribution < -0.4 is 5.32 Å². The predicted molar refractivity (Wildman–Crippen MR) is 55.5 cm³/mol. The molecule has 0 heterocycles. The molecule has 0 bridgehead atoms. The van der Waals surface area contributed by atoms with Gasteiger partial charge in [-0.05, 0) is 26.1 Å². The fourth-order valence-corrected chi connectivity index (χ4v) is 1.40. The summed E-state index contributed by atoms with van der Waals surface area (Å²) in [7, 11) is 2.05. The topological polar surface area (TPSA) is 15.3 Å². The van der Waals surface area contributed by atoms with E-state index in [1.807, 2.05) is 7.05 Å². The van der Waals surface area contributed by atoms with Gasteiger partial charge in [0.2, 0.25) is 0 Å². The molecule has 1 unspecified atom stereocenters. The normalized spacial score (nSPS) is 14.2. The molecule has 0 aromatic heterocycles. The molecule has 0 aromatic rings. The Hall–Kier alpha value is -0.0800. The highest BCUT2D eigenvalue weighted by molar-refractivity contribution is 4.72. The molecule has 0 saturated carbocycles. The van der Waals surface area contributed by atoms with Gasteiger partial charge in [-0.3, -0.25) is 0 Å². The van der Waals surface area contributed by atoms with E-state index in [1.165, 1.54) is 6.54 Å². The van der Waals surface area contributed by atoms with Crippen LogP contribution in [0, 0.1) is 5.92 Å². The van der Waals surface area contributed by atoms with Crippen LogP contribution in [0.15, 0.2) is 0 Å². The van der Waals surface area contributed by atoms with Gasteiger partial charge in [0.1, 0.15) is 0 Å². The largest absolute Gasteiger partial charge is 0.315 e. The summed E-state index contributed by atoms with van der Waals surface area (Å²) in [4.78, 5) is 2.46. The fraction of sp³-hybridized carbons (Fsp3) is 1.00. The number of hydrogen-bond donors (Lipinski definition) is 1. The van der Waals surface area contributed by atoms with Crippen molar-refractivity contribution in [2.24, 2.45) is 5.92 Å². The molecule has 0 aliphatic heterocycles. The number of nitrogens with zero attached hydrogens (tertiary/aromatic N) is 1. The van der Waals surface area contributed by atoms with E-state index in [0.29, 0.717) is 6.04 Å². The summed E-state index contributed by atoms with van der Waals surface area (Å²) in [6, 6.07) is 0.630. The molecule has 0 saturated heterocycles. The van der Waals surface area contributed by atoms with Crippen LogP contribution in [-0.2, 0) is 0 Å². The molecule has 0 aliphatic rings. The second kappa shape index (κ2) is 6.44. The van der Waals surface area contributed by atoms with E-state index in [1.54, 1.807) is 0 Å². The Balaban J connectivity index is 3.82. The van der Waals surface area contributed by atoms with Crippen molar-refractivity contribution in [2.45, 2.75) is 33.7 Å². The number of rotatable bonds is 6. The Labute approximate surface area is 77.3 Å². The third-order valence-corrected chi connectivity index (χ3v) is 2.52. The van der Waals surface area contributed by atoms with Crippen molar-refractivity contribution in [1.82, 2.24) is 10.2 Å². The van der Waals surface area contributed by atoms with E-state index >= 15 is 0 Å². The molecule has 0 radical (unpaired) electrons. The molecule has 0 aliphatic carbocycles. The van der Waals surface area contributed by atoms with Gasteiger partial charge < -0.3 is 10.2 Å². The summed E-state index contributed by atoms with van der Waals surface area (Å²) in [5.41, 5.74) is 0. The Morgan fingerprint density at radius 2 is 1.67 bits per heavy atom. The van der Waals surface area contributed by atoms with Gasteiger partial charge in [0.25, 0.3) is 0 Å². The molecule has 0 spiro atoms. The molecule has 0 fully saturated rings. The van der Waals surface area contributed by atoms with Crippen molar-refractivity contribution < 1.29 is 0 Å². The average molecular weight is 172 g/mol. The van der Waals surface area contributed by atoms with Gasteiger partial charge in [0.15, 0.2) is 0 Å². The molecule has 1 N–H and O–H groups in total. The van der Waals surface area contributed by atoms with Crippen molar-refractivity contribution in [2.75, 3.05) is 26.7 Å². The van der Waals surface area contributed by atoms with Crippen LogP contribution in [-0.4, -0.2) is 37.6 Å². The zero-order valence-corrected chi connectivity index (χ0v) is 9.22. The lowest BCUT2D eigenvalue weighted by Crippen LogP contribution is -2.42. The number of hydrogen-bond acceptors (Lipinski definition) is 2. The Morgan fingerprint density at radius 3 is 1.92 bits per heavy atom. The number of likely N-dealkylation sites (N-methyl/N-ethyl adjacent to an activating group) is 2. The predicted octanol–water partition coefficient (Wildman–Crippen LogP) is 1.57. The Morgan fingerprint density at radius 1 is 1.17 bits per heavy atom. The Kier molecular flexibility index (Phi) is 6.39. The Bertz CT molecular complexity index is 98.0. The SMILES string of the molecule is CCN(CC)CC(NC)C(C)C. The van der Waals surface area contributed by atoms with Crippen LogP contribution in [0.2, 0.25) is 0 Å². The standard InChI is InChI=1S/C10H24N2/c1-6-12(7-2)8-10(11-5)9(3)4/h9-11H,6-8H2,1-5H3.